The SMILES string of the molecule is CCCCCCCC(=O)N(C/C=C/c1ccccc1OC)CCN1CCN(C(=O)Nc2cccc(F)c2)CC1. The largest absolute Gasteiger partial charge is 0.496 e. The molecule has 8 heteroatoms. The average molecular weight is 539 g/mol. The maximum absolute atomic E-state index is 13.4. The van der Waals surface area contributed by atoms with Crippen LogP contribution in [0, 0.1) is 5.82 Å². The first kappa shape index (κ1) is 30.2. The molecule has 3 amide bonds. The number of piperazine rings is 1. The lowest BCUT2D eigenvalue weighted by Gasteiger charge is -2.35. The summed E-state index contributed by atoms with van der Waals surface area (Å²) in [4.78, 5) is 31.7. The van der Waals surface area contributed by atoms with Crippen molar-refractivity contribution in [2.24, 2.45) is 0 Å². The van der Waals surface area contributed by atoms with E-state index >= 15 is 0 Å². The first-order valence-corrected chi connectivity index (χ1v) is 14.1. The number of halogens is 1. The second kappa shape index (κ2) is 16.5. The Labute approximate surface area is 232 Å². The second-order valence-corrected chi connectivity index (χ2v) is 9.92. The Morgan fingerprint density at radius 1 is 1.03 bits per heavy atom. The molecule has 1 saturated heterocycles. The van der Waals surface area contributed by atoms with Crippen LogP contribution in [0.2, 0.25) is 0 Å². The van der Waals surface area contributed by atoms with Gasteiger partial charge in [0, 0.05) is 63.5 Å². The minimum absolute atomic E-state index is 0.185. The van der Waals surface area contributed by atoms with Crippen molar-refractivity contribution in [3.05, 3.63) is 66.0 Å². The Morgan fingerprint density at radius 3 is 2.54 bits per heavy atom. The molecule has 2 aromatic rings. The van der Waals surface area contributed by atoms with Crippen molar-refractivity contribution in [1.29, 1.82) is 0 Å². The van der Waals surface area contributed by atoms with Gasteiger partial charge in [-0.1, -0.05) is 69.0 Å². The van der Waals surface area contributed by atoms with Gasteiger partial charge in [0.25, 0.3) is 0 Å². The number of hydrogen-bond acceptors (Lipinski definition) is 4. The fourth-order valence-electron chi connectivity index (χ4n) is 4.67. The number of para-hydroxylation sites is 1. The van der Waals surface area contributed by atoms with Crippen molar-refractivity contribution < 1.29 is 18.7 Å². The number of benzene rings is 2. The van der Waals surface area contributed by atoms with Crippen molar-refractivity contribution in [1.82, 2.24) is 14.7 Å². The highest BCUT2D eigenvalue weighted by molar-refractivity contribution is 5.89. The van der Waals surface area contributed by atoms with E-state index in [1.54, 1.807) is 24.1 Å². The van der Waals surface area contributed by atoms with Gasteiger partial charge < -0.3 is 19.9 Å². The van der Waals surface area contributed by atoms with Crippen molar-refractivity contribution >= 4 is 23.7 Å². The van der Waals surface area contributed by atoms with Crippen LogP contribution in [0.15, 0.2) is 54.6 Å². The number of nitrogens with zero attached hydrogens (tertiary/aromatic N) is 3. The van der Waals surface area contributed by atoms with Crippen LogP contribution in [0.3, 0.4) is 0 Å². The highest BCUT2D eigenvalue weighted by Crippen LogP contribution is 2.19. The van der Waals surface area contributed by atoms with Crippen molar-refractivity contribution in [3.63, 3.8) is 0 Å². The molecular formula is C31H43FN4O3. The molecule has 212 valence electrons. The van der Waals surface area contributed by atoms with Gasteiger partial charge in [0.05, 0.1) is 7.11 Å². The highest BCUT2D eigenvalue weighted by atomic mass is 19.1. The maximum Gasteiger partial charge on any atom is 0.321 e. The van der Waals surface area contributed by atoms with Crippen molar-refractivity contribution in [2.75, 3.05) is 58.2 Å². The average Bonchev–Trinajstić information content (AvgIpc) is 2.95. The summed E-state index contributed by atoms with van der Waals surface area (Å²) in [6.07, 6.45) is 10.2. The van der Waals surface area contributed by atoms with Gasteiger partial charge in [-0.05, 0) is 30.7 Å². The number of urea groups is 1. The molecule has 0 unspecified atom stereocenters. The molecule has 3 rings (SSSR count). The smallest absolute Gasteiger partial charge is 0.321 e. The van der Waals surface area contributed by atoms with Crippen LogP contribution in [0.4, 0.5) is 14.9 Å². The number of rotatable bonds is 14. The zero-order chi connectivity index (χ0) is 27.9. The van der Waals surface area contributed by atoms with E-state index in [4.69, 9.17) is 4.74 Å². The summed E-state index contributed by atoms with van der Waals surface area (Å²) >= 11 is 0. The summed E-state index contributed by atoms with van der Waals surface area (Å²) in [5.74, 6) is 0.613. The highest BCUT2D eigenvalue weighted by Gasteiger charge is 2.22. The second-order valence-electron chi connectivity index (χ2n) is 9.92. The molecule has 1 aliphatic rings. The molecule has 1 N–H and O–H groups in total. The summed E-state index contributed by atoms with van der Waals surface area (Å²) in [6, 6.07) is 13.5. The fraction of sp³-hybridized carbons (Fsp3) is 0.484. The van der Waals surface area contributed by atoms with Crippen LogP contribution >= 0.6 is 0 Å². The summed E-state index contributed by atoms with van der Waals surface area (Å²) < 4.78 is 18.9. The van der Waals surface area contributed by atoms with Crippen LogP contribution in [-0.2, 0) is 4.79 Å². The normalized spacial score (nSPS) is 14.0. The van der Waals surface area contributed by atoms with Gasteiger partial charge in [-0.25, -0.2) is 9.18 Å². The van der Waals surface area contributed by atoms with E-state index in [-0.39, 0.29) is 17.8 Å². The number of anilines is 1. The van der Waals surface area contributed by atoms with Gasteiger partial charge in [-0.2, -0.15) is 0 Å². The first-order chi connectivity index (χ1) is 19.0. The van der Waals surface area contributed by atoms with Gasteiger partial charge in [0.1, 0.15) is 11.6 Å². The minimum atomic E-state index is -0.379. The Morgan fingerprint density at radius 2 is 1.79 bits per heavy atom. The fourth-order valence-corrected chi connectivity index (χ4v) is 4.67. The number of methoxy groups -OCH3 is 1. The molecular weight excluding hydrogens is 495 g/mol. The molecule has 0 spiro atoms. The Hall–Kier alpha value is -3.39. The van der Waals surface area contributed by atoms with Crippen LogP contribution < -0.4 is 10.1 Å². The number of carbonyl (C=O) groups is 2. The van der Waals surface area contributed by atoms with Gasteiger partial charge in [-0.15, -0.1) is 0 Å². The minimum Gasteiger partial charge on any atom is -0.496 e. The molecule has 0 radical (unpaired) electrons. The Kier molecular flexibility index (Phi) is 12.8. The maximum atomic E-state index is 13.4. The zero-order valence-corrected chi connectivity index (χ0v) is 23.4. The van der Waals surface area contributed by atoms with Crippen molar-refractivity contribution in [3.8, 4) is 5.75 Å². The standard InChI is InChI=1S/C31H43FN4O3/c1-3-4-5-6-7-17-30(37)35(18-11-13-26-12-8-9-16-29(26)39-2)22-19-34-20-23-36(24-21-34)31(38)33-28-15-10-14-27(32)25-28/h8-16,25H,3-7,17-24H2,1-2H3,(H,33,38)/b13-11+. The third-order valence-electron chi connectivity index (χ3n) is 7.03. The van der Waals surface area contributed by atoms with Crippen LogP contribution in [0.1, 0.15) is 51.0 Å². The zero-order valence-electron chi connectivity index (χ0n) is 23.4. The number of nitrogens with one attached hydrogen (secondary N) is 1. The summed E-state index contributed by atoms with van der Waals surface area (Å²) in [5, 5.41) is 2.77. The van der Waals surface area contributed by atoms with E-state index in [0.29, 0.717) is 38.3 Å². The summed E-state index contributed by atoms with van der Waals surface area (Å²) in [5.41, 5.74) is 1.44. The van der Waals surface area contributed by atoms with Gasteiger partial charge in [-0.3, -0.25) is 9.69 Å². The molecule has 0 aliphatic carbocycles. The van der Waals surface area contributed by atoms with Crippen LogP contribution in [0.5, 0.6) is 5.75 Å². The van der Waals surface area contributed by atoms with Gasteiger partial charge in [0.2, 0.25) is 5.91 Å². The Balaban J connectivity index is 1.50. The topological polar surface area (TPSA) is 65.1 Å². The molecule has 1 heterocycles. The van der Waals surface area contributed by atoms with Gasteiger partial charge >= 0.3 is 6.03 Å². The van der Waals surface area contributed by atoms with Crippen LogP contribution in [-0.4, -0.2) is 79.6 Å². The molecule has 2 aromatic carbocycles. The van der Waals surface area contributed by atoms with E-state index in [1.165, 1.54) is 31.4 Å². The number of amides is 3. The molecule has 1 aliphatic heterocycles. The van der Waals surface area contributed by atoms with E-state index in [1.807, 2.05) is 41.3 Å². The van der Waals surface area contributed by atoms with E-state index < -0.39 is 0 Å². The number of unbranched alkanes of at least 4 members (excludes halogenated alkanes) is 4. The third kappa shape index (κ3) is 10.4. The molecule has 7 nitrogen and oxygen atoms in total. The summed E-state index contributed by atoms with van der Waals surface area (Å²) in [6.45, 7) is 6.75. The quantitative estimate of drug-likeness (QED) is 0.305. The summed E-state index contributed by atoms with van der Waals surface area (Å²) in [7, 11) is 1.66. The van der Waals surface area contributed by atoms with E-state index in [2.05, 4.69) is 17.1 Å². The number of hydrogen-bond donors (Lipinski definition) is 1. The lowest BCUT2D eigenvalue weighted by atomic mass is 10.1. The first-order valence-electron chi connectivity index (χ1n) is 14.1. The predicted octanol–water partition coefficient (Wildman–Crippen LogP) is 5.89. The lowest BCUT2D eigenvalue weighted by Crippen LogP contribution is -2.51. The number of carbonyl (C=O) groups excluding carboxylic acids is 2. The predicted molar refractivity (Wildman–Crippen MR) is 155 cm³/mol. The third-order valence-corrected chi connectivity index (χ3v) is 7.03. The molecule has 39 heavy (non-hydrogen) atoms. The van der Waals surface area contributed by atoms with Crippen LogP contribution in [0.25, 0.3) is 6.08 Å². The number of ether oxygens (including phenoxy) is 1. The van der Waals surface area contributed by atoms with E-state index in [0.717, 1.165) is 43.8 Å². The molecule has 0 atom stereocenters. The molecule has 0 aromatic heterocycles. The van der Waals surface area contributed by atoms with Gasteiger partial charge in [0.15, 0.2) is 0 Å². The van der Waals surface area contributed by atoms with E-state index in [9.17, 15) is 14.0 Å². The van der Waals surface area contributed by atoms with Crippen molar-refractivity contribution in [2.45, 2.75) is 45.4 Å². The molecule has 0 saturated carbocycles. The molecule has 0 bridgehead atoms. The molecule has 1 fully saturated rings. The Bertz CT molecular complexity index is 1070. The lowest BCUT2D eigenvalue weighted by molar-refractivity contribution is -0.131. The monoisotopic (exact) mass is 538 g/mol.